The van der Waals surface area contributed by atoms with Crippen LogP contribution in [0.3, 0.4) is 0 Å². The largest absolute Gasteiger partial charge is 0.376 e. The van der Waals surface area contributed by atoms with Crippen molar-refractivity contribution >= 4 is 17.3 Å². The van der Waals surface area contributed by atoms with Crippen molar-refractivity contribution in [1.82, 2.24) is 0 Å². The minimum Gasteiger partial charge on any atom is -0.376 e. The second kappa shape index (κ2) is 6.19. The summed E-state index contributed by atoms with van der Waals surface area (Å²) in [4.78, 5) is 11.9. The first kappa shape index (κ1) is 14.1. The number of benzene rings is 2. The highest BCUT2D eigenvalue weighted by Crippen LogP contribution is 2.16. The fourth-order valence-electron chi connectivity index (χ4n) is 1.87. The maximum Gasteiger partial charge on any atom is 0.243 e. The Bertz CT molecular complexity index is 626. The van der Waals surface area contributed by atoms with E-state index in [2.05, 4.69) is 10.6 Å². The lowest BCUT2D eigenvalue weighted by Crippen LogP contribution is -2.22. The number of para-hydroxylation sites is 1. The molecule has 0 fully saturated rings. The maximum atomic E-state index is 13.1. The quantitative estimate of drug-likeness (QED) is 0.894. The highest BCUT2D eigenvalue weighted by molar-refractivity contribution is 5.94. The van der Waals surface area contributed by atoms with Gasteiger partial charge in [0.2, 0.25) is 5.91 Å². The molecule has 2 aromatic rings. The van der Waals surface area contributed by atoms with Gasteiger partial charge in [-0.3, -0.25) is 4.79 Å². The summed E-state index contributed by atoms with van der Waals surface area (Å²) in [5.41, 5.74) is 3.32. The average Bonchev–Trinajstić information content (AvgIpc) is 2.42. The van der Waals surface area contributed by atoms with Gasteiger partial charge in [-0.15, -0.1) is 0 Å². The molecule has 3 nitrogen and oxygen atoms in total. The summed E-state index contributed by atoms with van der Waals surface area (Å²) < 4.78 is 13.1. The monoisotopic (exact) mass is 272 g/mol. The molecule has 20 heavy (non-hydrogen) atoms. The van der Waals surface area contributed by atoms with Crippen molar-refractivity contribution < 1.29 is 9.18 Å². The highest BCUT2D eigenvalue weighted by atomic mass is 19.1. The van der Waals surface area contributed by atoms with Gasteiger partial charge >= 0.3 is 0 Å². The van der Waals surface area contributed by atoms with Crippen molar-refractivity contribution in [3.05, 3.63) is 59.4 Å². The summed E-state index contributed by atoms with van der Waals surface area (Å²) in [6.07, 6.45) is 0. The lowest BCUT2D eigenvalue weighted by Gasteiger charge is -2.11. The van der Waals surface area contributed by atoms with Gasteiger partial charge < -0.3 is 10.6 Å². The van der Waals surface area contributed by atoms with E-state index in [1.165, 1.54) is 12.1 Å². The summed E-state index contributed by atoms with van der Waals surface area (Å²) in [5.74, 6) is -0.486. The number of aryl methyl sites for hydroxylation is 2. The van der Waals surface area contributed by atoms with Crippen LogP contribution in [0.25, 0.3) is 0 Å². The molecule has 4 heteroatoms. The van der Waals surface area contributed by atoms with Crippen LogP contribution in [-0.2, 0) is 4.79 Å². The summed E-state index contributed by atoms with van der Waals surface area (Å²) >= 11 is 0. The van der Waals surface area contributed by atoms with Gasteiger partial charge in [-0.25, -0.2) is 4.39 Å². The van der Waals surface area contributed by atoms with Gasteiger partial charge in [0, 0.05) is 11.4 Å². The average molecular weight is 272 g/mol. The van der Waals surface area contributed by atoms with E-state index in [0.29, 0.717) is 5.69 Å². The molecule has 2 N–H and O–H groups in total. The molecule has 104 valence electrons. The molecule has 0 spiro atoms. The maximum absolute atomic E-state index is 13.1. The molecule has 2 rings (SSSR count). The normalized spacial score (nSPS) is 10.2. The van der Waals surface area contributed by atoms with Gasteiger partial charge in [-0.2, -0.15) is 0 Å². The molecule has 0 radical (unpaired) electrons. The Balaban J connectivity index is 1.96. The first-order chi connectivity index (χ1) is 9.56. The van der Waals surface area contributed by atoms with Crippen LogP contribution >= 0.6 is 0 Å². The number of hydrogen-bond acceptors (Lipinski definition) is 2. The number of halogens is 1. The molecular formula is C16H17FN2O. The number of rotatable bonds is 4. The van der Waals surface area contributed by atoms with Crippen molar-refractivity contribution in [1.29, 1.82) is 0 Å². The molecule has 0 aliphatic heterocycles. The molecular weight excluding hydrogens is 255 g/mol. The molecule has 0 heterocycles. The Hall–Kier alpha value is -2.36. The predicted octanol–water partition coefficient (Wildman–Crippen LogP) is 3.49. The van der Waals surface area contributed by atoms with Crippen LogP contribution in [-0.4, -0.2) is 12.5 Å². The molecule has 0 aliphatic carbocycles. The summed E-state index contributed by atoms with van der Waals surface area (Å²) in [6.45, 7) is 3.89. The number of nitrogens with one attached hydrogen (secondary N) is 2. The standard InChI is InChI=1S/C16H17FN2O/c1-11-5-3-4-6-14(11)19-16(20)10-18-15-9-13(17)8-7-12(15)2/h3-9,18H,10H2,1-2H3,(H,19,20). The number of amides is 1. The topological polar surface area (TPSA) is 41.1 Å². The van der Waals surface area contributed by atoms with Crippen molar-refractivity contribution in [2.45, 2.75) is 13.8 Å². The van der Waals surface area contributed by atoms with E-state index in [0.717, 1.165) is 16.8 Å². The van der Waals surface area contributed by atoms with Crippen molar-refractivity contribution in [2.75, 3.05) is 17.2 Å². The third kappa shape index (κ3) is 3.57. The van der Waals surface area contributed by atoms with Crippen LogP contribution in [0.2, 0.25) is 0 Å². The Morgan fingerprint density at radius 1 is 1.05 bits per heavy atom. The van der Waals surface area contributed by atoms with Crippen LogP contribution in [0, 0.1) is 19.7 Å². The molecule has 2 aromatic carbocycles. The molecule has 0 saturated carbocycles. The van der Waals surface area contributed by atoms with Crippen molar-refractivity contribution in [2.24, 2.45) is 0 Å². The van der Waals surface area contributed by atoms with Crippen molar-refractivity contribution in [3.63, 3.8) is 0 Å². The molecule has 1 amide bonds. The van der Waals surface area contributed by atoms with Crippen LogP contribution in [0.15, 0.2) is 42.5 Å². The van der Waals surface area contributed by atoms with Gasteiger partial charge in [-0.1, -0.05) is 24.3 Å². The van der Waals surface area contributed by atoms with Crippen molar-refractivity contribution in [3.8, 4) is 0 Å². The smallest absolute Gasteiger partial charge is 0.243 e. The number of carbonyl (C=O) groups excluding carboxylic acids is 1. The fourth-order valence-corrected chi connectivity index (χ4v) is 1.87. The second-order valence-corrected chi connectivity index (χ2v) is 4.68. The van der Waals surface area contributed by atoms with E-state index in [4.69, 9.17) is 0 Å². The van der Waals surface area contributed by atoms with Crippen LogP contribution in [0.1, 0.15) is 11.1 Å². The van der Waals surface area contributed by atoms with Crippen LogP contribution in [0.5, 0.6) is 0 Å². The zero-order valence-electron chi connectivity index (χ0n) is 11.5. The third-order valence-electron chi connectivity index (χ3n) is 3.06. The molecule has 0 saturated heterocycles. The first-order valence-corrected chi connectivity index (χ1v) is 6.42. The summed E-state index contributed by atoms with van der Waals surface area (Å²) in [5, 5.41) is 5.76. The lowest BCUT2D eigenvalue weighted by molar-refractivity contribution is -0.114. The van der Waals surface area contributed by atoms with Crippen LogP contribution in [0.4, 0.5) is 15.8 Å². The lowest BCUT2D eigenvalue weighted by atomic mass is 10.2. The minimum atomic E-state index is -0.322. The minimum absolute atomic E-state index is 0.0959. The van der Waals surface area contributed by atoms with E-state index in [1.807, 2.05) is 38.1 Å². The van der Waals surface area contributed by atoms with E-state index < -0.39 is 0 Å². The zero-order valence-corrected chi connectivity index (χ0v) is 11.5. The van der Waals surface area contributed by atoms with E-state index in [1.54, 1.807) is 6.07 Å². The molecule has 0 bridgehead atoms. The Morgan fingerprint density at radius 3 is 2.50 bits per heavy atom. The van der Waals surface area contributed by atoms with Gasteiger partial charge in [0.25, 0.3) is 0 Å². The second-order valence-electron chi connectivity index (χ2n) is 4.68. The molecule has 0 atom stereocenters. The molecule has 0 aliphatic rings. The van der Waals surface area contributed by atoms with Gasteiger partial charge in [0.15, 0.2) is 0 Å². The highest BCUT2D eigenvalue weighted by Gasteiger charge is 2.06. The van der Waals surface area contributed by atoms with Gasteiger partial charge in [0.1, 0.15) is 5.82 Å². The summed E-state index contributed by atoms with van der Waals surface area (Å²) in [7, 11) is 0. The number of hydrogen-bond donors (Lipinski definition) is 2. The van der Waals surface area contributed by atoms with Gasteiger partial charge in [0.05, 0.1) is 6.54 Å². The first-order valence-electron chi connectivity index (χ1n) is 6.42. The number of carbonyl (C=O) groups is 1. The molecule has 0 aromatic heterocycles. The number of anilines is 2. The predicted molar refractivity (Wildman–Crippen MR) is 79.4 cm³/mol. The van der Waals surface area contributed by atoms with E-state index in [9.17, 15) is 9.18 Å². The van der Waals surface area contributed by atoms with E-state index >= 15 is 0 Å². The Kier molecular flexibility index (Phi) is 4.35. The Labute approximate surface area is 117 Å². The third-order valence-corrected chi connectivity index (χ3v) is 3.06. The molecule has 0 unspecified atom stereocenters. The van der Waals surface area contributed by atoms with E-state index in [-0.39, 0.29) is 18.3 Å². The summed E-state index contributed by atoms with van der Waals surface area (Å²) in [6, 6.07) is 12.0. The fraction of sp³-hybridized carbons (Fsp3) is 0.188. The zero-order chi connectivity index (χ0) is 14.5. The van der Waals surface area contributed by atoms with Gasteiger partial charge in [-0.05, 0) is 43.2 Å². The van der Waals surface area contributed by atoms with Crippen LogP contribution < -0.4 is 10.6 Å². The SMILES string of the molecule is Cc1ccc(F)cc1NCC(=O)Nc1ccccc1C. The Morgan fingerprint density at radius 2 is 1.75 bits per heavy atom.